The number of hydrogen-bond acceptors (Lipinski definition) is 5. The quantitative estimate of drug-likeness (QED) is 0.832. The maximum atomic E-state index is 12.9. The van der Waals surface area contributed by atoms with Crippen LogP contribution in [0.2, 0.25) is 0 Å². The average molecular weight is 380 g/mol. The second kappa shape index (κ2) is 8.11. The number of benzene rings is 1. The van der Waals surface area contributed by atoms with Gasteiger partial charge in [-0.25, -0.2) is 17.5 Å². The van der Waals surface area contributed by atoms with Gasteiger partial charge in [0.15, 0.2) is 0 Å². The number of nitrogens with zero attached hydrogens (tertiary/aromatic N) is 1. The SMILES string of the molecule is CS(=O)(=O)N[C@H]1COCC[C@@H]1COc1ccc(-c2ccc(F)cn2)cc1. The summed E-state index contributed by atoms with van der Waals surface area (Å²) in [5, 5.41) is 0. The van der Waals surface area contributed by atoms with Gasteiger partial charge in [-0.05, 0) is 42.8 Å². The zero-order valence-electron chi connectivity index (χ0n) is 14.4. The van der Waals surface area contributed by atoms with E-state index < -0.39 is 10.0 Å². The average Bonchev–Trinajstić information content (AvgIpc) is 2.61. The van der Waals surface area contributed by atoms with Gasteiger partial charge in [-0.1, -0.05) is 0 Å². The molecular formula is C18H21FN2O4S. The smallest absolute Gasteiger partial charge is 0.209 e. The maximum absolute atomic E-state index is 12.9. The molecule has 0 aliphatic carbocycles. The Bertz CT molecular complexity index is 825. The number of sulfonamides is 1. The first-order valence-electron chi connectivity index (χ1n) is 8.30. The van der Waals surface area contributed by atoms with Gasteiger partial charge >= 0.3 is 0 Å². The van der Waals surface area contributed by atoms with Gasteiger partial charge in [-0.15, -0.1) is 0 Å². The molecule has 1 aromatic carbocycles. The lowest BCUT2D eigenvalue weighted by Crippen LogP contribution is -2.48. The lowest BCUT2D eigenvalue weighted by molar-refractivity contribution is 0.0275. The van der Waals surface area contributed by atoms with E-state index >= 15 is 0 Å². The van der Waals surface area contributed by atoms with Crippen LogP contribution < -0.4 is 9.46 Å². The van der Waals surface area contributed by atoms with Gasteiger partial charge in [0, 0.05) is 18.1 Å². The van der Waals surface area contributed by atoms with Crippen LogP contribution in [0.25, 0.3) is 11.3 Å². The van der Waals surface area contributed by atoms with Crippen LogP contribution in [0, 0.1) is 11.7 Å². The van der Waals surface area contributed by atoms with E-state index in [0.29, 0.717) is 31.3 Å². The van der Waals surface area contributed by atoms with Crippen molar-refractivity contribution >= 4 is 10.0 Å². The molecule has 26 heavy (non-hydrogen) atoms. The molecule has 140 valence electrons. The molecule has 1 saturated heterocycles. The lowest BCUT2D eigenvalue weighted by Gasteiger charge is -2.31. The molecule has 0 spiro atoms. The van der Waals surface area contributed by atoms with E-state index in [2.05, 4.69) is 9.71 Å². The molecule has 0 unspecified atom stereocenters. The Kier molecular flexibility index (Phi) is 5.85. The highest BCUT2D eigenvalue weighted by molar-refractivity contribution is 7.88. The third-order valence-electron chi connectivity index (χ3n) is 4.21. The van der Waals surface area contributed by atoms with Crippen molar-refractivity contribution in [2.75, 3.05) is 26.1 Å². The Morgan fingerprint density at radius 2 is 2.04 bits per heavy atom. The molecule has 0 bridgehead atoms. The largest absolute Gasteiger partial charge is 0.493 e. The van der Waals surface area contributed by atoms with Gasteiger partial charge in [0.25, 0.3) is 0 Å². The predicted molar refractivity (Wildman–Crippen MR) is 95.8 cm³/mol. The van der Waals surface area contributed by atoms with Gasteiger partial charge in [0.05, 0.1) is 37.4 Å². The Morgan fingerprint density at radius 1 is 1.27 bits per heavy atom. The molecular weight excluding hydrogens is 359 g/mol. The molecule has 2 heterocycles. The highest BCUT2D eigenvalue weighted by atomic mass is 32.2. The van der Waals surface area contributed by atoms with Crippen LogP contribution in [-0.4, -0.2) is 45.5 Å². The number of ether oxygens (including phenoxy) is 2. The van der Waals surface area contributed by atoms with E-state index in [9.17, 15) is 12.8 Å². The Hall–Kier alpha value is -2.03. The predicted octanol–water partition coefficient (Wildman–Crippen LogP) is 2.22. The minimum Gasteiger partial charge on any atom is -0.493 e. The first kappa shape index (κ1) is 18.8. The fraction of sp³-hybridized carbons (Fsp3) is 0.389. The summed E-state index contributed by atoms with van der Waals surface area (Å²) in [4.78, 5) is 4.05. The number of aromatic nitrogens is 1. The van der Waals surface area contributed by atoms with Crippen LogP contribution in [-0.2, 0) is 14.8 Å². The van der Waals surface area contributed by atoms with Crippen molar-refractivity contribution < 1.29 is 22.3 Å². The van der Waals surface area contributed by atoms with Gasteiger partial charge in [0.2, 0.25) is 10.0 Å². The molecule has 1 aliphatic rings. The van der Waals surface area contributed by atoms with Crippen molar-refractivity contribution in [2.45, 2.75) is 12.5 Å². The zero-order valence-corrected chi connectivity index (χ0v) is 15.2. The van der Waals surface area contributed by atoms with Crippen LogP contribution in [0.1, 0.15) is 6.42 Å². The zero-order chi connectivity index (χ0) is 18.6. The fourth-order valence-corrected chi connectivity index (χ4v) is 3.67. The van der Waals surface area contributed by atoms with E-state index in [4.69, 9.17) is 9.47 Å². The van der Waals surface area contributed by atoms with Crippen molar-refractivity contribution in [2.24, 2.45) is 5.92 Å². The molecule has 1 fully saturated rings. The van der Waals surface area contributed by atoms with Crippen LogP contribution in [0.4, 0.5) is 4.39 Å². The van der Waals surface area contributed by atoms with E-state index in [-0.39, 0.29) is 17.8 Å². The lowest BCUT2D eigenvalue weighted by atomic mass is 9.97. The Morgan fingerprint density at radius 3 is 2.69 bits per heavy atom. The number of nitrogens with one attached hydrogen (secondary N) is 1. The molecule has 1 N–H and O–H groups in total. The van der Waals surface area contributed by atoms with Crippen LogP contribution in [0.15, 0.2) is 42.6 Å². The van der Waals surface area contributed by atoms with Crippen molar-refractivity contribution in [3.63, 3.8) is 0 Å². The van der Waals surface area contributed by atoms with Crippen molar-refractivity contribution in [3.05, 3.63) is 48.4 Å². The summed E-state index contributed by atoms with van der Waals surface area (Å²) in [6, 6.07) is 10.0. The minimum absolute atomic E-state index is 0.0388. The van der Waals surface area contributed by atoms with Gasteiger partial charge < -0.3 is 9.47 Å². The normalized spacial score (nSPS) is 20.7. The second-order valence-corrected chi connectivity index (χ2v) is 8.10. The van der Waals surface area contributed by atoms with E-state index in [1.54, 1.807) is 6.07 Å². The number of halogens is 1. The Balaban J connectivity index is 1.61. The molecule has 6 nitrogen and oxygen atoms in total. The molecule has 0 saturated carbocycles. The summed E-state index contributed by atoms with van der Waals surface area (Å²) in [6.07, 6.45) is 3.05. The van der Waals surface area contributed by atoms with Gasteiger partial charge in [-0.2, -0.15) is 0 Å². The standard InChI is InChI=1S/C18H21FN2O4S/c1-26(22,23)21-18-12-24-9-8-14(18)11-25-16-5-2-13(3-6-16)17-7-4-15(19)10-20-17/h2-7,10,14,18,21H,8-9,11-12H2,1H3/t14-,18+/m1/s1. The molecule has 0 radical (unpaired) electrons. The van der Waals surface area contributed by atoms with E-state index in [0.717, 1.165) is 18.2 Å². The highest BCUT2D eigenvalue weighted by Crippen LogP contribution is 2.23. The first-order chi connectivity index (χ1) is 12.4. The van der Waals surface area contributed by atoms with Gasteiger partial charge in [-0.3, -0.25) is 4.98 Å². The van der Waals surface area contributed by atoms with Crippen molar-refractivity contribution in [3.8, 4) is 17.0 Å². The minimum atomic E-state index is -3.30. The molecule has 1 aliphatic heterocycles. The fourth-order valence-electron chi connectivity index (χ4n) is 2.86. The first-order valence-corrected chi connectivity index (χ1v) is 10.2. The summed E-state index contributed by atoms with van der Waals surface area (Å²) in [6.45, 7) is 1.33. The second-order valence-electron chi connectivity index (χ2n) is 6.32. The summed E-state index contributed by atoms with van der Waals surface area (Å²) in [5.41, 5.74) is 1.54. The van der Waals surface area contributed by atoms with Gasteiger partial charge in [0.1, 0.15) is 11.6 Å². The van der Waals surface area contributed by atoms with E-state index in [1.807, 2.05) is 24.3 Å². The number of pyridine rings is 1. The van der Waals surface area contributed by atoms with E-state index in [1.165, 1.54) is 12.3 Å². The summed E-state index contributed by atoms with van der Waals surface area (Å²) >= 11 is 0. The molecule has 1 aromatic heterocycles. The van der Waals surface area contributed by atoms with Crippen LogP contribution in [0.3, 0.4) is 0 Å². The number of rotatable bonds is 6. The monoisotopic (exact) mass is 380 g/mol. The number of hydrogen-bond donors (Lipinski definition) is 1. The van der Waals surface area contributed by atoms with Crippen molar-refractivity contribution in [1.29, 1.82) is 0 Å². The van der Waals surface area contributed by atoms with Crippen LogP contribution in [0.5, 0.6) is 5.75 Å². The molecule has 0 amide bonds. The molecule has 2 atom stereocenters. The third kappa shape index (κ3) is 5.23. The van der Waals surface area contributed by atoms with Crippen LogP contribution >= 0.6 is 0 Å². The molecule has 2 aromatic rings. The summed E-state index contributed by atoms with van der Waals surface area (Å²) < 4.78 is 49.7. The summed E-state index contributed by atoms with van der Waals surface area (Å²) in [5.74, 6) is 0.347. The Labute approximate surface area is 152 Å². The topological polar surface area (TPSA) is 77.5 Å². The highest BCUT2D eigenvalue weighted by Gasteiger charge is 2.28. The molecule has 8 heteroatoms. The third-order valence-corrected chi connectivity index (χ3v) is 4.94. The maximum Gasteiger partial charge on any atom is 0.209 e. The molecule has 3 rings (SSSR count). The summed E-state index contributed by atoms with van der Waals surface area (Å²) in [7, 11) is -3.30. The van der Waals surface area contributed by atoms with Crippen molar-refractivity contribution in [1.82, 2.24) is 9.71 Å².